The van der Waals surface area contributed by atoms with Gasteiger partial charge in [0, 0.05) is 6.20 Å². The van der Waals surface area contributed by atoms with Crippen molar-refractivity contribution in [3.8, 4) is 0 Å². The van der Waals surface area contributed by atoms with Crippen molar-refractivity contribution in [2.24, 2.45) is 0 Å². The summed E-state index contributed by atoms with van der Waals surface area (Å²) in [6.07, 6.45) is 4.52. The van der Waals surface area contributed by atoms with E-state index in [2.05, 4.69) is 36.0 Å². The molecule has 0 saturated carbocycles. The maximum atomic E-state index is 4.47. The molecule has 0 aliphatic carbocycles. The lowest BCUT2D eigenvalue weighted by atomic mass is 10.1. The number of hydrogen-bond acceptors (Lipinski definition) is 2. The highest BCUT2D eigenvalue weighted by Crippen LogP contribution is 2.28. The second-order valence-corrected chi connectivity index (χ2v) is 3.90. The van der Waals surface area contributed by atoms with Gasteiger partial charge in [-0.15, -0.1) is 0 Å². The van der Waals surface area contributed by atoms with Crippen LogP contribution in [0, 0.1) is 6.92 Å². The van der Waals surface area contributed by atoms with Crippen LogP contribution in [-0.4, -0.2) is 23.5 Å². The van der Waals surface area contributed by atoms with Gasteiger partial charge in [-0.25, -0.2) is 0 Å². The van der Waals surface area contributed by atoms with E-state index in [1.54, 1.807) is 0 Å². The molecule has 1 aromatic rings. The van der Waals surface area contributed by atoms with Gasteiger partial charge in [0.2, 0.25) is 0 Å². The molecule has 0 radical (unpaired) electrons. The Balaban J connectivity index is 2.20. The molecule has 13 heavy (non-hydrogen) atoms. The zero-order valence-electron chi connectivity index (χ0n) is 8.33. The lowest BCUT2D eigenvalue weighted by Gasteiger charge is -2.18. The standard InChI is InChI=1S/C11H16N2/c1-9-5-6-10(12-8-9)11-4-3-7-13(11)2/h5-6,8,11H,3-4,7H2,1-2H3/t11-/m0/s1. The largest absolute Gasteiger partial charge is 0.298 e. The summed E-state index contributed by atoms with van der Waals surface area (Å²) in [4.78, 5) is 6.86. The summed E-state index contributed by atoms with van der Waals surface area (Å²) in [5.74, 6) is 0. The summed E-state index contributed by atoms with van der Waals surface area (Å²) in [6, 6.07) is 4.86. The average molecular weight is 176 g/mol. The predicted octanol–water partition coefficient (Wildman–Crippen LogP) is 2.16. The Labute approximate surface area is 79.6 Å². The molecule has 70 valence electrons. The first-order valence-electron chi connectivity index (χ1n) is 4.90. The smallest absolute Gasteiger partial charge is 0.0575 e. The normalized spacial score (nSPS) is 23.7. The van der Waals surface area contributed by atoms with E-state index in [-0.39, 0.29) is 0 Å². The minimum absolute atomic E-state index is 0.556. The highest BCUT2D eigenvalue weighted by Gasteiger charge is 2.22. The van der Waals surface area contributed by atoms with E-state index in [9.17, 15) is 0 Å². The van der Waals surface area contributed by atoms with Crippen LogP contribution in [0.1, 0.15) is 30.1 Å². The summed E-state index contributed by atoms with van der Waals surface area (Å²) >= 11 is 0. The van der Waals surface area contributed by atoms with Crippen molar-refractivity contribution in [3.05, 3.63) is 29.6 Å². The average Bonchev–Trinajstić information content (AvgIpc) is 2.53. The zero-order valence-corrected chi connectivity index (χ0v) is 8.33. The van der Waals surface area contributed by atoms with Gasteiger partial charge in [-0.1, -0.05) is 6.07 Å². The molecule has 0 amide bonds. The maximum Gasteiger partial charge on any atom is 0.0575 e. The molecule has 1 aliphatic heterocycles. The summed E-state index contributed by atoms with van der Waals surface area (Å²) in [6.45, 7) is 3.29. The van der Waals surface area contributed by atoms with Crippen molar-refractivity contribution in [3.63, 3.8) is 0 Å². The fourth-order valence-electron chi connectivity index (χ4n) is 1.96. The van der Waals surface area contributed by atoms with Crippen LogP contribution in [-0.2, 0) is 0 Å². The molecule has 1 saturated heterocycles. The number of nitrogens with zero attached hydrogens (tertiary/aromatic N) is 2. The molecule has 0 bridgehead atoms. The number of pyridine rings is 1. The first-order valence-corrected chi connectivity index (χ1v) is 4.90. The Morgan fingerprint density at radius 2 is 2.31 bits per heavy atom. The van der Waals surface area contributed by atoms with E-state index in [1.165, 1.54) is 30.6 Å². The Morgan fingerprint density at radius 3 is 2.85 bits per heavy atom. The minimum atomic E-state index is 0.556. The molecular formula is C11H16N2. The van der Waals surface area contributed by atoms with E-state index in [1.807, 2.05) is 6.20 Å². The molecule has 1 aromatic heterocycles. The van der Waals surface area contributed by atoms with Crippen LogP contribution >= 0.6 is 0 Å². The molecule has 2 rings (SSSR count). The van der Waals surface area contributed by atoms with Crippen LogP contribution in [0.4, 0.5) is 0 Å². The van der Waals surface area contributed by atoms with E-state index >= 15 is 0 Å². The maximum absolute atomic E-state index is 4.47. The Bertz CT molecular complexity index is 279. The third-order valence-corrected chi connectivity index (χ3v) is 2.80. The predicted molar refractivity (Wildman–Crippen MR) is 53.6 cm³/mol. The molecule has 0 aromatic carbocycles. The van der Waals surface area contributed by atoms with Crippen molar-refractivity contribution in [2.45, 2.75) is 25.8 Å². The van der Waals surface area contributed by atoms with Gasteiger partial charge in [-0.2, -0.15) is 0 Å². The lowest BCUT2D eigenvalue weighted by Crippen LogP contribution is -2.18. The van der Waals surface area contributed by atoms with Gasteiger partial charge in [-0.3, -0.25) is 9.88 Å². The molecule has 0 N–H and O–H groups in total. The van der Waals surface area contributed by atoms with Gasteiger partial charge < -0.3 is 0 Å². The number of aromatic nitrogens is 1. The topological polar surface area (TPSA) is 16.1 Å². The summed E-state index contributed by atoms with van der Waals surface area (Å²) < 4.78 is 0. The van der Waals surface area contributed by atoms with Crippen molar-refractivity contribution in [1.82, 2.24) is 9.88 Å². The molecule has 1 fully saturated rings. The van der Waals surface area contributed by atoms with E-state index in [0.29, 0.717) is 6.04 Å². The molecule has 1 aliphatic rings. The second-order valence-electron chi connectivity index (χ2n) is 3.90. The number of aryl methyl sites for hydroxylation is 1. The highest BCUT2D eigenvalue weighted by molar-refractivity contribution is 5.15. The number of hydrogen-bond donors (Lipinski definition) is 0. The van der Waals surface area contributed by atoms with Crippen molar-refractivity contribution in [1.29, 1.82) is 0 Å². The number of likely N-dealkylation sites (tertiary alicyclic amines) is 1. The van der Waals surface area contributed by atoms with Gasteiger partial charge in [0.15, 0.2) is 0 Å². The van der Waals surface area contributed by atoms with Gasteiger partial charge in [-0.05, 0) is 45.0 Å². The third-order valence-electron chi connectivity index (χ3n) is 2.80. The van der Waals surface area contributed by atoms with E-state index in [4.69, 9.17) is 0 Å². The molecule has 2 heteroatoms. The molecule has 0 unspecified atom stereocenters. The van der Waals surface area contributed by atoms with Crippen LogP contribution in [0.15, 0.2) is 18.3 Å². The summed E-state index contributed by atoms with van der Waals surface area (Å²) in [7, 11) is 2.18. The van der Waals surface area contributed by atoms with Gasteiger partial charge in [0.25, 0.3) is 0 Å². The van der Waals surface area contributed by atoms with Crippen LogP contribution in [0.2, 0.25) is 0 Å². The molecular weight excluding hydrogens is 160 g/mol. The molecule has 2 nitrogen and oxygen atoms in total. The molecule has 1 atom stereocenters. The monoisotopic (exact) mass is 176 g/mol. The third kappa shape index (κ3) is 1.73. The Morgan fingerprint density at radius 1 is 1.46 bits per heavy atom. The zero-order chi connectivity index (χ0) is 9.26. The van der Waals surface area contributed by atoms with E-state index in [0.717, 1.165) is 0 Å². The highest BCUT2D eigenvalue weighted by atomic mass is 15.2. The van der Waals surface area contributed by atoms with E-state index < -0.39 is 0 Å². The SMILES string of the molecule is Cc1ccc([C@@H]2CCCN2C)nc1. The van der Waals surface area contributed by atoms with Crippen molar-refractivity contribution in [2.75, 3.05) is 13.6 Å². The lowest BCUT2D eigenvalue weighted by molar-refractivity contribution is 0.312. The van der Waals surface area contributed by atoms with Gasteiger partial charge in [0.1, 0.15) is 0 Å². The van der Waals surface area contributed by atoms with Gasteiger partial charge in [0.05, 0.1) is 11.7 Å². The first kappa shape index (κ1) is 8.70. The van der Waals surface area contributed by atoms with Crippen molar-refractivity contribution >= 4 is 0 Å². The van der Waals surface area contributed by atoms with Crippen LogP contribution in [0.25, 0.3) is 0 Å². The quantitative estimate of drug-likeness (QED) is 0.652. The van der Waals surface area contributed by atoms with Gasteiger partial charge >= 0.3 is 0 Å². The van der Waals surface area contributed by atoms with Crippen LogP contribution < -0.4 is 0 Å². The molecule has 2 heterocycles. The first-order chi connectivity index (χ1) is 6.27. The molecule has 0 spiro atoms. The Kier molecular flexibility index (Phi) is 2.32. The fourth-order valence-corrected chi connectivity index (χ4v) is 1.96. The number of rotatable bonds is 1. The second kappa shape index (κ2) is 3.46. The van der Waals surface area contributed by atoms with Crippen molar-refractivity contribution < 1.29 is 0 Å². The summed E-state index contributed by atoms with van der Waals surface area (Å²) in [5.41, 5.74) is 2.47. The fraction of sp³-hybridized carbons (Fsp3) is 0.545. The van der Waals surface area contributed by atoms with Crippen LogP contribution in [0.3, 0.4) is 0 Å². The Hall–Kier alpha value is -0.890. The summed E-state index contributed by atoms with van der Waals surface area (Å²) in [5, 5.41) is 0. The minimum Gasteiger partial charge on any atom is -0.298 e. The van der Waals surface area contributed by atoms with Crippen LogP contribution in [0.5, 0.6) is 0 Å².